The van der Waals surface area contributed by atoms with Crippen molar-refractivity contribution < 1.29 is 9.53 Å². The lowest BCUT2D eigenvalue weighted by atomic mass is 10.1. The number of anilines is 1. The summed E-state index contributed by atoms with van der Waals surface area (Å²) in [6.45, 7) is 4.37. The number of rotatable bonds is 5. The summed E-state index contributed by atoms with van der Waals surface area (Å²) in [5.74, 6) is 0.399. The largest absolute Gasteiger partial charge is 0.495 e. The first-order chi connectivity index (χ1) is 8.49. The van der Waals surface area contributed by atoms with Crippen LogP contribution in [0.5, 0.6) is 5.75 Å². The number of aryl methyl sites for hydroxylation is 1. The molecule has 0 heterocycles. The molecule has 0 aromatic heterocycles. The summed E-state index contributed by atoms with van der Waals surface area (Å²) in [5, 5.41) is 6.44. The van der Waals surface area contributed by atoms with Crippen molar-refractivity contribution in [2.24, 2.45) is 5.92 Å². The van der Waals surface area contributed by atoms with Crippen LogP contribution in [0.2, 0.25) is 5.02 Å². The Morgan fingerprint density at radius 1 is 1.50 bits per heavy atom. The summed E-state index contributed by atoms with van der Waals surface area (Å²) in [6, 6.07) is 3.51. The van der Waals surface area contributed by atoms with Crippen molar-refractivity contribution in [3.63, 3.8) is 0 Å². The highest BCUT2D eigenvalue weighted by molar-refractivity contribution is 6.31. The van der Waals surface area contributed by atoms with Gasteiger partial charge in [0, 0.05) is 23.6 Å². The molecule has 0 aliphatic rings. The number of hydrogen-bond donors (Lipinski definition) is 2. The maximum Gasteiger partial charge on any atom is 0.228 e. The zero-order chi connectivity index (χ0) is 13.7. The minimum absolute atomic E-state index is 0.0515. The van der Waals surface area contributed by atoms with Crippen LogP contribution in [-0.4, -0.2) is 26.6 Å². The van der Waals surface area contributed by atoms with Crippen molar-refractivity contribution in [2.75, 3.05) is 26.0 Å². The van der Waals surface area contributed by atoms with Crippen molar-refractivity contribution in [3.8, 4) is 5.75 Å². The standard InChI is InChI=1S/C13H19ClN2O2/c1-8-5-11(12(18-4)6-10(8)14)16-13(17)9(2)7-15-3/h5-6,9,15H,7H2,1-4H3,(H,16,17). The summed E-state index contributed by atoms with van der Waals surface area (Å²) < 4.78 is 5.21. The molecule has 0 aliphatic heterocycles. The summed E-state index contributed by atoms with van der Waals surface area (Å²) in [4.78, 5) is 11.9. The van der Waals surface area contributed by atoms with E-state index in [4.69, 9.17) is 16.3 Å². The lowest BCUT2D eigenvalue weighted by Gasteiger charge is -2.15. The zero-order valence-electron chi connectivity index (χ0n) is 11.1. The topological polar surface area (TPSA) is 50.4 Å². The molecular formula is C13H19ClN2O2. The second-order valence-electron chi connectivity index (χ2n) is 4.25. The van der Waals surface area contributed by atoms with Gasteiger partial charge in [0.1, 0.15) is 5.75 Å². The van der Waals surface area contributed by atoms with Gasteiger partial charge in [0.15, 0.2) is 0 Å². The molecule has 0 fully saturated rings. The van der Waals surface area contributed by atoms with Gasteiger partial charge in [0.05, 0.1) is 12.8 Å². The number of halogens is 1. The first kappa shape index (κ1) is 14.8. The molecule has 1 atom stereocenters. The van der Waals surface area contributed by atoms with E-state index in [1.165, 1.54) is 0 Å². The number of ether oxygens (including phenoxy) is 1. The van der Waals surface area contributed by atoms with E-state index in [2.05, 4.69) is 10.6 Å². The molecule has 1 unspecified atom stereocenters. The fraction of sp³-hybridized carbons (Fsp3) is 0.462. The highest BCUT2D eigenvalue weighted by atomic mass is 35.5. The van der Waals surface area contributed by atoms with Gasteiger partial charge in [-0.1, -0.05) is 18.5 Å². The molecule has 0 saturated carbocycles. The number of methoxy groups -OCH3 is 1. The van der Waals surface area contributed by atoms with E-state index >= 15 is 0 Å². The first-order valence-electron chi connectivity index (χ1n) is 5.79. The quantitative estimate of drug-likeness (QED) is 0.864. The Morgan fingerprint density at radius 3 is 2.72 bits per heavy atom. The van der Waals surface area contributed by atoms with Crippen LogP contribution in [-0.2, 0) is 4.79 Å². The predicted molar refractivity (Wildman–Crippen MR) is 74.5 cm³/mol. The lowest BCUT2D eigenvalue weighted by Crippen LogP contribution is -2.28. The average Bonchev–Trinajstić information content (AvgIpc) is 2.33. The summed E-state index contributed by atoms with van der Waals surface area (Å²) in [6.07, 6.45) is 0. The Labute approximate surface area is 113 Å². The minimum Gasteiger partial charge on any atom is -0.495 e. The maximum atomic E-state index is 11.9. The van der Waals surface area contributed by atoms with E-state index in [1.54, 1.807) is 13.2 Å². The molecule has 0 aliphatic carbocycles. The Morgan fingerprint density at radius 2 is 2.17 bits per heavy atom. The third-order valence-corrected chi connectivity index (χ3v) is 3.10. The van der Waals surface area contributed by atoms with Crippen LogP contribution >= 0.6 is 11.6 Å². The third-order valence-electron chi connectivity index (χ3n) is 2.70. The van der Waals surface area contributed by atoms with Gasteiger partial charge in [-0.15, -0.1) is 0 Å². The van der Waals surface area contributed by atoms with Crippen LogP contribution in [0.1, 0.15) is 12.5 Å². The van der Waals surface area contributed by atoms with Crippen LogP contribution in [0.4, 0.5) is 5.69 Å². The Kier molecular flexibility index (Phi) is 5.44. The molecular weight excluding hydrogens is 252 g/mol. The summed E-state index contributed by atoms with van der Waals surface area (Å²) in [5.41, 5.74) is 1.54. The van der Waals surface area contributed by atoms with Crippen LogP contribution in [0, 0.1) is 12.8 Å². The van der Waals surface area contributed by atoms with Gasteiger partial charge in [0.2, 0.25) is 5.91 Å². The first-order valence-corrected chi connectivity index (χ1v) is 6.17. The highest BCUT2D eigenvalue weighted by Gasteiger charge is 2.15. The van der Waals surface area contributed by atoms with E-state index in [0.29, 0.717) is 23.0 Å². The molecule has 0 saturated heterocycles. The summed E-state index contributed by atoms with van der Waals surface area (Å²) >= 11 is 6.01. The number of carbonyl (C=O) groups excluding carboxylic acids is 1. The number of carbonyl (C=O) groups is 1. The number of hydrogen-bond acceptors (Lipinski definition) is 3. The fourth-order valence-corrected chi connectivity index (χ4v) is 1.74. The number of nitrogens with one attached hydrogen (secondary N) is 2. The van der Waals surface area contributed by atoms with Crippen LogP contribution in [0.3, 0.4) is 0 Å². The Hall–Kier alpha value is -1.26. The Bertz CT molecular complexity index is 435. The van der Waals surface area contributed by atoms with Crippen molar-refractivity contribution >= 4 is 23.2 Å². The molecule has 0 bridgehead atoms. The smallest absolute Gasteiger partial charge is 0.228 e. The van der Waals surface area contributed by atoms with Gasteiger partial charge in [-0.05, 0) is 25.6 Å². The average molecular weight is 271 g/mol. The van der Waals surface area contributed by atoms with Gasteiger partial charge >= 0.3 is 0 Å². The molecule has 1 rings (SSSR count). The number of benzene rings is 1. The van der Waals surface area contributed by atoms with E-state index in [1.807, 2.05) is 27.0 Å². The van der Waals surface area contributed by atoms with Gasteiger partial charge in [-0.3, -0.25) is 4.79 Å². The van der Waals surface area contributed by atoms with E-state index < -0.39 is 0 Å². The second-order valence-corrected chi connectivity index (χ2v) is 4.66. The van der Waals surface area contributed by atoms with Crippen molar-refractivity contribution in [1.29, 1.82) is 0 Å². The van der Waals surface area contributed by atoms with Crippen molar-refractivity contribution in [3.05, 3.63) is 22.7 Å². The normalized spacial score (nSPS) is 12.1. The molecule has 1 aromatic carbocycles. The molecule has 5 heteroatoms. The van der Waals surface area contributed by atoms with E-state index in [-0.39, 0.29) is 11.8 Å². The zero-order valence-corrected chi connectivity index (χ0v) is 11.9. The third kappa shape index (κ3) is 3.62. The molecule has 18 heavy (non-hydrogen) atoms. The number of amides is 1. The molecule has 2 N–H and O–H groups in total. The van der Waals surface area contributed by atoms with Crippen LogP contribution in [0.15, 0.2) is 12.1 Å². The van der Waals surface area contributed by atoms with Crippen LogP contribution < -0.4 is 15.4 Å². The predicted octanol–water partition coefficient (Wildman–Crippen LogP) is 2.45. The molecule has 1 aromatic rings. The van der Waals surface area contributed by atoms with Gasteiger partial charge < -0.3 is 15.4 Å². The molecule has 1 amide bonds. The van der Waals surface area contributed by atoms with Gasteiger partial charge in [0.25, 0.3) is 0 Å². The van der Waals surface area contributed by atoms with Crippen LogP contribution in [0.25, 0.3) is 0 Å². The van der Waals surface area contributed by atoms with E-state index in [9.17, 15) is 4.79 Å². The minimum atomic E-state index is -0.115. The molecule has 0 radical (unpaired) electrons. The van der Waals surface area contributed by atoms with E-state index in [0.717, 1.165) is 5.56 Å². The molecule has 4 nitrogen and oxygen atoms in total. The summed E-state index contributed by atoms with van der Waals surface area (Å²) in [7, 11) is 3.37. The van der Waals surface area contributed by atoms with Gasteiger partial charge in [-0.2, -0.15) is 0 Å². The fourth-order valence-electron chi connectivity index (χ4n) is 1.58. The molecule has 0 spiro atoms. The van der Waals surface area contributed by atoms with Crippen molar-refractivity contribution in [2.45, 2.75) is 13.8 Å². The van der Waals surface area contributed by atoms with Crippen molar-refractivity contribution in [1.82, 2.24) is 5.32 Å². The SMILES string of the molecule is CNCC(C)C(=O)Nc1cc(C)c(Cl)cc1OC. The maximum absolute atomic E-state index is 11.9. The molecule has 100 valence electrons. The monoisotopic (exact) mass is 270 g/mol. The second kappa shape index (κ2) is 6.61. The lowest BCUT2D eigenvalue weighted by molar-refractivity contribution is -0.119. The van der Waals surface area contributed by atoms with Gasteiger partial charge in [-0.25, -0.2) is 0 Å². The Balaban J connectivity index is 2.90. The highest BCUT2D eigenvalue weighted by Crippen LogP contribution is 2.31.